The number of hydrogen-bond donors (Lipinski definition) is 1. The van der Waals surface area contributed by atoms with Crippen LogP contribution in [-0.2, 0) is 39.6 Å². The molecule has 4 fully saturated rings. The Morgan fingerprint density at radius 2 is 1.64 bits per heavy atom. The van der Waals surface area contributed by atoms with Gasteiger partial charge in [0.15, 0.2) is 18.9 Å². The fraction of sp³-hybridized carbons (Fsp3) is 0.757. The smallest absolute Gasteiger partial charge is 0.303 e. The van der Waals surface area contributed by atoms with Gasteiger partial charge < -0.3 is 33.5 Å². The predicted octanol–water partition coefficient (Wildman–Crippen LogP) is 8.88. The average Bonchev–Trinajstić information content (AvgIpc) is 3.57. The SMILES string of the molecule is Cc1cc(CCC(C=C[C@@H]2[C@@H](CC=CCCCC(=O)O)[C@@H](OC3CCCCO3)C[C@H]2OC2CCCCO2)O[C@H]2CCCCO2)sc1Br. The van der Waals surface area contributed by atoms with Gasteiger partial charge in [-0.3, -0.25) is 4.79 Å². The molecule has 3 aliphatic heterocycles. The molecule has 0 amide bonds. The molecule has 47 heavy (non-hydrogen) atoms. The minimum atomic E-state index is -0.748. The maximum Gasteiger partial charge on any atom is 0.303 e. The van der Waals surface area contributed by atoms with Gasteiger partial charge in [-0.25, -0.2) is 0 Å². The molecule has 10 heteroatoms. The van der Waals surface area contributed by atoms with Crippen LogP contribution in [0.5, 0.6) is 0 Å². The number of hydrogen-bond acceptors (Lipinski definition) is 8. The van der Waals surface area contributed by atoms with Gasteiger partial charge in [-0.2, -0.15) is 0 Å². The van der Waals surface area contributed by atoms with Gasteiger partial charge in [0.1, 0.15) is 0 Å². The van der Waals surface area contributed by atoms with Gasteiger partial charge in [0.25, 0.3) is 0 Å². The van der Waals surface area contributed by atoms with Crippen molar-refractivity contribution in [3.05, 3.63) is 44.6 Å². The second-order valence-electron chi connectivity index (χ2n) is 13.5. The van der Waals surface area contributed by atoms with E-state index in [1.165, 1.54) is 14.2 Å². The first-order valence-electron chi connectivity index (χ1n) is 18.1. The Hall–Kier alpha value is -1.11. The first-order valence-corrected chi connectivity index (χ1v) is 19.7. The van der Waals surface area contributed by atoms with Crippen molar-refractivity contribution in [3.63, 3.8) is 0 Å². The summed E-state index contributed by atoms with van der Waals surface area (Å²) in [6.45, 7) is 4.38. The van der Waals surface area contributed by atoms with Gasteiger partial charge in [-0.15, -0.1) is 11.3 Å². The van der Waals surface area contributed by atoms with Crippen LogP contribution >= 0.6 is 27.3 Å². The second kappa shape index (κ2) is 19.9. The van der Waals surface area contributed by atoms with Crippen LogP contribution in [0.4, 0.5) is 0 Å². The maximum absolute atomic E-state index is 11.0. The van der Waals surface area contributed by atoms with Gasteiger partial charge in [-0.05, 0) is 130 Å². The van der Waals surface area contributed by atoms with Crippen LogP contribution < -0.4 is 0 Å². The Morgan fingerprint density at radius 3 is 2.23 bits per heavy atom. The third-order valence-electron chi connectivity index (χ3n) is 9.73. The molecule has 0 radical (unpaired) electrons. The number of aliphatic carboxylic acids is 1. The van der Waals surface area contributed by atoms with Crippen molar-refractivity contribution in [3.8, 4) is 0 Å². The summed E-state index contributed by atoms with van der Waals surface area (Å²) in [4.78, 5) is 12.4. The summed E-state index contributed by atoms with van der Waals surface area (Å²) in [5, 5.41) is 9.05. The average molecular weight is 740 g/mol. The molecule has 0 bridgehead atoms. The second-order valence-corrected chi connectivity index (χ2v) is 15.9. The van der Waals surface area contributed by atoms with Crippen LogP contribution in [-0.4, -0.2) is 68.1 Å². The first-order chi connectivity index (χ1) is 22.9. The highest BCUT2D eigenvalue weighted by Gasteiger charge is 2.45. The number of aryl methyl sites for hydroxylation is 2. The third kappa shape index (κ3) is 12.3. The Bertz CT molecular complexity index is 1100. The van der Waals surface area contributed by atoms with Gasteiger partial charge in [0.2, 0.25) is 0 Å². The molecule has 1 aliphatic carbocycles. The third-order valence-corrected chi connectivity index (χ3v) is 11.9. The lowest BCUT2D eigenvalue weighted by Gasteiger charge is -2.30. The van der Waals surface area contributed by atoms with E-state index in [2.05, 4.69) is 53.2 Å². The zero-order chi connectivity index (χ0) is 32.8. The summed E-state index contributed by atoms with van der Waals surface area (Å²) < 4.78 is 39.4. The molecule has 4 heterocycles. The molecule has 3 unspecified atom stereocenters. The van der Waals surface area contributed by atoms with Crippen LogP contribution in [0.2, 0.25) is 0 Å². The van der Waals surface area contributed by atoms with Crippen LogP contribution in [0, 0.1) is 18.8 Å². The number of carboxylic acids is 1. The highest BCUT2D eigenvalue weighted by Crippen LogP contribution is 2.42. The Morgan fingerprint density at radius 1 is 0.979 bits per heavy atom. The fourth-order valence-corrected chi connectivity index (χ4v) is 8.78. The molecule has 1 N–H and O–H groups in total. The lowest BCUT2D eigenvalue weighted by molar-refractivity contribution is -0.203. The Balaban J connectivity index is 1.35. The quantitative estimate of drug-likeness (QED) is 0.125. The van der Waals surface area contributed by atoms with Gasteiger partial charge in [-0.1, -0.05) is 24.3 Å². The normalized spacial score (nSPS) is 31.1. The van der Waals surface area contributed by atoms with Gasteiger partial charge >= 0.3 is 5.97 Å². The largest absolute Gasteiger partial charge is 0.481 e. The molecule has 0 aromatic carbocycles. The van der Waals surface area contributed by atoms with E-state index in [0.29, 0.717) is 6.42 Å². The Labute approximate surface area is 293 Å². The molecule has 8 atom stereocenters. The predicted molar refractivity (Wildman–Crippen MR) is 186 cm³/mol. The lowest BCUT2D eigenvalue weighted by atomic mass is 9.89. The summed E-state index contributed by atoms with van der Waals surface area (Å²) in [6, 6.07) is 2.27. The topological polar surface area (TPSA) is 92.7 Å². The number of allylic oxidation sites excluding steroid dienone is 2. The zero-order valence-electron chi connectivity index (χ0n) is 28.0. The molecule has 0 spiro atoms. The van der Waals surface area contributed by atoms with Crippen molar-refractivity contribution in [2.45, 2.75) is 147 Å². The number of carbonyl (C=O) groups is 1. The van der Waals surface area contributed by atoms with E-state index in [1.54, 1.807) is 11.3 Å². The summed E-state index contributed by atoms with van der Waals surface area (Å²) in [7, 11) is 0. The number of rotatable bonds is 17. The van der Waals surface area contributed by atoms with Crippen LogP contribution in [0.1, 0.15) is 107 Å². The molecular formula is C37H55BrO8S. The summed E-state index contributed by atoms with van der Waals surface area (Å²) in [5.41, 5.74) is 1.27. The number of unbranched alkanes of at least 4 members (excludes halogenated alkanes) is 1. The van der Waals surface area contributed by atoms with E-state index in [0.717, 1.165) is 110 Å². The minimum Gasteiger partial charge on any atom is -0.481 e. The number of halogens is 1. The molecule has 8 nitrogen and oxygen atoms in total. The van der Waals surface area contributed by atoms with Crippen molar-refractivity contribution in [1.82, 2.24) is 0 Å². The van der Waals surface area contributed by atoms with E-state index in [9.17, 15) is 4.79 Å². The van der Waals surface area contributed by atoms with E-state index < -0.39 is 5.97 Å². The molecule has 5 rings (SSSR count). The molecule has 3 saturated heterocycles. The lowest BCUT2D eigenvalue weighted by Crippen LogP contribution is -2.31. The monoisotopic (exact) mass is 738 g/mol. The summed E-state index contributed by atoms with van der Waals surface area (Å²) >= 11 is 5.49. The van der Waals surface area contributed by atoms with Crippen LogP contribution in [0.3, 0.4) is 0 Å². The molecule has 1 aromatic heterocycles. The minimum absolute atomic E-state index is 0.0162. The number of carboxylic acid groups (broad SMARTS) is 1. The first kappa shape index (κ1) is 37.2. The van der Waals surface area contributed by atoms with Crippen molar-refractivity contribution < 1.29 is 38.3 Å². The van der Waals surface area contributed by atoms with Crippen LogP contribution in [0.25, 0.3) is 0 Å². The fourth-order valence-electron chi connectivity index (χ4n) is 7.14. The standard InChI is InChI=1S/C37H55BrO8S/c1-26-24-28(47-37(26)38)19-17-27(44-34-14-6-9-21-41-34)18-20-30-29(12-4-2-3-5-13-33(39)40)31(45-35-15-7-10-22-42-35)25-32(30)46-36-16-8-11-23-43-36/h2,4,18,20,24,27,29-32,34-36H,3,5-17,19,21-23,25H2,1H3,(H,39,40)/t27?,29-,30-,31+,32-,34+,35?,36?/m1/s1. The Kier molecular flexibility index (Phi) is 15.7. The van der Waals surface area contributed by atoms with Crippen molar-refractivity contribution in [2.75, 3.05) is 19.8 Å². The molecule has 264 valence electrons. The van der Waals surface area contributed by atoms with Crippen molar-refractivity contribution in [1.29, 1.82) is 0 Å². The van der Waals surface area contributed by atoms with Crippen molar-refractivity contribution in [2.24, 2.45) is 11.8 Å². The van der Waals surface area contributed by atoms with E-state index >= 15 is 0 Å². The van der Waals surface area contributed by atoms with Crippen LogP contribution in [0.15, 0.2) is 34.2 Å². The molecular weight excluding hydrogens is 684 g/mol. The van der Waals surface area contributed by atoms with Crippen molar-refractivity contribution >= 4 is 33.2 Å². The summed E-state index contributed by atoms with van der Waals surface area (Å²) in [6.07, 6.45) is 22.6. The zero-order valence-corrected chi connectivity index (χ0v) is 30.4. The molecule has 4 aliphatic rings. The van der Waals surface area contributed by atoms with Gasteiger partial charge in [0, 0.05) is 43.5 Å². The summed E-state index contributed by atoms with van der Waals surface area (Å²) in [5.74, 6) is -0.458. The number of thiophene rings is 1. The van der Waals surface area contributed by atoms with E-state index in [1.807, 2.05) is 0 Å². The number of ether oxygens (including phenoxy) is 6. The highest BCUT2D eigenvalue weighted by atomic mass is 79.9. The van der Waals surface area contributed by atoms with Gasteiger partial charge in [0.05, 0.1) is 22.1 Å². The molecule has 1 saturated carbocycles. The highest BCUT2D eigenvalue weighted by molar-refractivity contribution is 9.11. The van der Waals surface area contributed by atoms with E-state index in [4.69, 9.17) is 33.5 Å². The molecule has 1 aromatic rings. The van der Waals surface area contributed by atoms with E-state index in [-0.39, 0.29) is 55.4 Å². The maximum atomic E-state index is 11.0.